The molecule has 19 heavy (non-hydrogen) atoms. The molecule has 1 aromatic rings. The molecule has 0 radical (unpaired) electrons. The highest BCUT2D eigenvalue weighted by Crippen LogP contribution is 2.28. The second-order valence-electron chi connectivity index (χ2n) is 5.54. The third kappa shape index (κ3) is 3.77. The van der Waals surface area contributed by atoms with Crippen LogP contribution in [0.3, 0.4) is 0 Å². The molecular weight excluding hydrogens is 239 g/mol. The van der Waals surface area contributed by atoms with Crippen LogP contribution < -0.4 is 5.73 Å². The molecule has 1 saturated carbocycles. The molecule has 0 amide bonds. The van der Waals surface area contributed by atoms with Crippen LogP contribution in [0.4, 0.5) is 4.39 Å². The fourth-order valence-electron chi connectivity index (χ4n) is 3.28. The van der Waals surface area contributed by atoms with Crippen molar-refractivity contribution in [1.29, 1.82) is 0 Å². The maximum atomic E-state index is 13.3. The van der Waals surface area contributed by atoms with Crippen molar-refractivity contribution < 1.29 is 4.39 Å². The minimum atomic E-state index is -0.146. The van der Waals surface area contributed by atoms with E-state index in [-0.39, 0.29) is 5.82 Å². The summed E-state index contributed by atoms with van der Waals surface area (Å²) in [6.07, 6.45) is 5.06. The summed E-state index contributed by atoms with van der Waals surface area (Å²) in [5.41, 5.74) is 6.98. The molecule has 0 saturated heterocycles. The summed E-state index contributed by atoms with van der Waals surface area (Å²) in [5.74, 6) is 0.454. The van der Waals surface area contributed by atoms with E-state index in [1.165, 1.54) is 31.7 Å². The van der Waals surface area contributed by atoms with Gasteiger partial charge in [-0.15, -0.1) is 0 Å². The second kappa shape index (κ2) is 7.01. The van der Waals surface area contributed by atoms with E-state index in [4.69, 9.17) is 5.73 Å². The van der Waals surface area contributed by atoms with Gasteiger partial charge in [-0.3, -0.25) is 4.90 Å². The maximum absolute atomic E-state index is 13.3. The van der Waals surface area contributed by atoms with Crippen molar-refractivity contribution in [3.63, 3.8) is 0 Å². The van der Waals surface area contributed by atoms with Crippen LogP contribution in [0.1, 0.15) is 38.2 Å². The summed E-state index contributed by atoms with van der Waals surface area (Å²) in [6, 6.07) is 7.50. The van der Waals surface area contributed by atoms with E-state index in [1.807, 2.05) is 6.07 Å². The van der Waals surface area contributed by atoms with Crippen LogP contribution in [-0.2, 0) is 6.54 Å². The van der Waals surface area contributed by atoms with Gasteiger partial charge in [-0.1, -0.05) is 31.9 Å². The summed E-state index contributed by atoms with van der Waals surface area (Å²) < 4.78 is 13.3. The average molecular weight is 264 g/mol. The number of hydrogen-bond acceptors (Lipinski definition) is 2. The van der Waals surface area contributed by atoms with Gasteiger partial charge in [-0.2, -0.15) is 0 Å². The molecule has 1 aliphatic carbocycles. The Hall–Kier alpha value is -0.930. The lowest BCUT2D eigenvalue weighted by Crippen LogP contribution is -2.44. The Morgan fingerprint density at radius 2 is 2.11 bits per heavy atom. The standard InChI is InChI=1S/C16H25FN2/c1-2-19(12-13-6-5-8-15(17)10-13)16-9-4-3-7-14(16)11-18/h5-6,8,10,14,16H,2-4,7,9,11-12,18H2,1H3. The van der Waals surface area contributed by atoms with E-state index in [2.05, 4.69) is 11.8 Å². The normalized spacial score (nSPS) is 23.8. The van der Waals surface area contributed by atoms with Gasteiger partial charge in [0, 0.05) is 12.6 Å². The van der Waals surface area contributed by atoms with Crippen LogP contribution in [0.2, 0.25) is 0 Å². The minimum Gasteiger partial charge on any atom is -0.330 e. The molecule has 1 fully saturated rings. The van der Waals surface area contributed by atoms with Crippen LogP contribution in [0.5, 0.6) is 0 Å². The zero-order chi connectivity index (χ0) is 13.7. The van der Waals surface area contributed by atoms with E-state index in [1.54, 1.807) is 12.1 Å². The topological polar surface area (TPSA) is 29.3 Å². The largest absolute Gasteiger partial charge is 0.330 e. The summed E-state index contributed by atoms with van der Waals surface area (Å²) >= 11 is 0. The number of hydrogen-bond donors (Lipinski definition) is 1. The van der Waals surface area contributed by atoms with Crippen molar-refractivity contribution in [3.8, 4) is 0 Å². The Balaban J connectivity index is 2.06. The minimum absolute atomic E-state index is 0.146. The van der Waals surface area contributed by atoms with Crippen LogP contribution in [0, 0.1) is 11.7 Å². The van der Waals surface area contributed by atoms with Gasteiger partial charge in [0.25, 0.3) is 0 Å². The van der Waals surface area contributed by atoms with Crippen molar-refractivity contribution in [2.45, 2.75) is 45.2 Å². The molecule has 1 aliphatic rings. The molecule has 0 aromatic heterocycles. The molecule has 106 valence electrons. The molecule has 3 heteroatoms. The molecule has 0 aliphatic heterocycles. The molecule has 2 atom stereocenters. The molecular formula is C16H25FN2. The van der Waals surface area contributed by atoms with E-state index in [9.17, 15) is 4.39 Å². The first-order valence-electron chi connectivity index (χ1n) is 7.43. The van der Waals surface area contributed by atoms with Gasteiger partial charge in [0.2, 0.25) is 0 Å². The lowest BCUT2D eigenvalue weighted by molar-refractivity contribution is 0.105. The third-order valence-corrected chi connectivity index (χ3v) is 4.32. The fourth-order valence-corrected chi connectivity index (χ4v) is 3.28. The van der Waals surface area contributed by atoms with Crippen molar-refractivity contribution >= 4 is 0 Å². The molecule has 2 unspecified atom stereocenters. The zero-order valence-corrected chi connectivity index (χ0v) is 11.8. The molecule has 2 N–H and O–H groups in total. The van der Waals surface area contributed by atoms with Gasteiger partial charge in [-0.25, -0.2) is 4.39 Å². The summed E-state index contributed by atoms with van der Waals surface area (Å²) in [7, 11) is 0. The highest BCUT2D eigenvalue weighted by Gasteiger charge is 2.28. The third-order valence-electron chi connectivity index (χ3n) is 4.32. The first kappa shape index (κ1) is 14.5. The predicted molar refractivity (Wildman–Crippen MR) is 77.3 cm³/mol. The van der Waals surface area contributed by atoms with Gasteiger partial charge >= 0.3 is 0 Å². The van der Waals surface area contributed by atoms with Crippen molar-refractivity contribution in [2.75, 3.05) is 13.1 Å². The molecule has 0 spiro atoms. The van der Waals surface area contributed by atoms with Crippen LogP contribution >= 0.6 is 0 Å². The van der Waals surface area contributed by atoms with Crippen molar-refractivity contribution in [2.24, 2.45) is 11.7 Å². The van der Waals surface area contributed by atoms with Crippen LogP contribution in [0.25, 0.3) is 0 Å². The smallest absolute Gasteiger partial charge is 0.123 e. The number of halogens is 1. The Kier molecular flexibility index (Phi) is 5.34. The highest BCUT2D eigenvalue weighted by molar-refractivity contribution is 5.16. The predicted octanol–water partition coefficient (Wildman–Crippen LogP) is 3.17. The quantitative estimate of drug-likeness (QED) is 0.885. The van der Waals surface area contributed by atoms with Gasteiger partial charge in [0.1, 0.15) is 5.82 Å². The first-order chi connectivity index (χ1) is 9.24. The number of nitrogens with two attached hydrogens (primary N) is 1. The van der Waals surface area contributed by atoms with E-state index in [0.717, 1.165) is 25.2 Å². The molecule has 2 nitrogen and oxygen atoms in total. The van der Waals surface area contributed by atoms with Gasteiger partial charge < -0.3 is 5.73 Å². The van der Waals surface area contributed by atoms with Crippen molar-refractivity contribution in [3.05, 3.63) is 35.6 Å². The number of nitrogens with zero attached hydrogens (tertiary/aromatic N) is 1. The summed E-state index contributed by atoms with van der Waals surface area (Å²) in [6.45, 7) is 4.78. The second-order valence-corrected chi connectivity index (χ2v) is 5.54. The highest BCUT2D eigenvalue weighted by atomic mass is 19.1. The zero-order valence-electron chi connectivity index (χ0n) is 11.8. The Morgan fingerprint density at radius 3 is 2.79 bits per heavy atom. The molecule has 2 rings (SSSR count). The lowest BCUT2D eigenvalue weighted by atomic mass is 9.83. The Morgan fingerprint density at radius 1 is 1.32 bits per heavy atom. The number of rotatable bonds is 5. The molecule has 1 aromatic carbocycles. The maximum Gasteiger partial charge on any atom is 0.123 e. The average Bonchev–Trinajstić information content (AvgIpc) is 2.45. The van der Waals surface area contributed by atoms with E-state index < -0.39 is 0 Å². The Labute approximate surface area is 115 Å². The summed E-state index contributed by atoms with van der Waals surface area (Å²) in [4.78, 5) is 2.46. The Bertz CT molecular complexity index is 394. The SMILES string of the molecule is CCN(Cc1cccc(F)c1)C1CCCCC1CN. The van der Waals surface area contributed by atoms with Crippen LogP contribution in [-0.4, -0.2) is 24.0 Å². The van der Waals surface area contributed by atoms with Crippen LogP contribution in [0.15, 0.2) is 24.3 Å². The van der Waals surface area contributed by atoms with E-state index >= 15 is 0 Å². The number of benzene rings is 1. The molecule has 0 bridgehead atoms. The summed E-state index contributed by atoms with van der Waals surface area (Å²) in [5, 5.41) is 0. The van der Waals surface area contributed by atoms with Gasteiger partial charge in [0.05, 0.1) is 0 Å². The lowest BCUT2D eigenvalue weighted by Gasteiger charge is -2.39. The monoisotopic (exact) mass is 264 g/mol. The van der Waals surface area contributed by atoms with E-state index in [0.29, 0.717) is 12.0 Å². The van der Waals surface area contributed by atoms with Crippen molar-refractivity contribution in [1.82, 2.24) is 4.90 Å². The van der Waals surface area contributed by atoms with Gasteiger partial charge in [0.15, 0.2) is 0 Å². The first-order valence-corrected chi connectivity index (χ1v) is 7.43. The van der Waals surface area contributed by atoms with Gasteiger partial charge in [-0.05, 0) is 49.5 Å². The fraction of sp³-hybridized carbons (Fsp3) is 0.625. The molecule has 0 heterocycles.